The van der Waals surface area contributed by atoms with Crippen molar-refractivity contribution in [1.29, 1.82) is 5.26 Å². The molecule has 1 aliphatic carbocycles. The van der Waals surface area contributed by atoms with E-state index < -0.39 is 26.4 Å². The highest BCUT2D eigenvalue weighted by Gasteiger charge is 2.72. The van der Waals surface area contributed by atoms with Crippen molar-refractivity contribution < 1.29 is 13.2 Å². The quantitative estimate of drug-likeness (QED) is 0.769. The van der Waals surface area contributed by atoms with E-state index in [-0.39, 0.29) is 11.5 Å². The second kappa shape index (κ2) is 6.80. The van der Waals surface area contributed by atoms with E-state index in [2.05, 4.69) is 6.07 Å². The fourth-order valence-corrected chi connectivity index (χ4v) is 5.82. The van der Waals surface area contributed by atoms with Gasteiger partial charge in [0.25, 0.3) is 0 Å². The third-order valence-electron chi connectivity index (χ3n) is 4.64. The van der Waals surface area contributed by atoms with Crippen LogP contribution in [0.25, 0.3) is 0 Å². The Morgan fingerprint density at radius 2 is 1.80 bits per heavy atom. The number of hydrogen-bond donors (Lipinski definition) is 0. The van der Waals surface area contributed by atoms with Gasteiger partial charge in [-0.3, -0.25) is 0 Å². The summed E-state index contributed by atoms with van der Waals surface area (Å²) in [7, 11) is -3.66. The van der Waals surface area contributed by atoms with E-state index in [1.807, 2.05) is 6.92 Å². The molecule has 1 saturated carbocycles. The molecule has 2 aromatic rings. The van der Waals surface area contributed by atoms with Gasteiger partial charge in [-0.2, -0.15) is 5.26 Å². The van der Waals surface area contributed by atoms with E-state index in [1.54, 1.807) is 54.6 Å². The number of benzene rings is 2. The second-order valence-electron chi connectivity index (χ2n) is 6.10. The minimum atomic E-state index is -3.66. The van der Waals surface area contributed by atoms with Crippen LogP contribution in [0.2, 0.25) is 5.02 Å². The molecular formula is C19H18ClNO3S. The number of nitrogens with zero attached hydrogens (tertiary/aromatic N) is 1. The van der Waals surface area contributed by atoms with Crippen molar-refractivity contribution in [2.75, 3.05) is 13.2 Å². The SMILES string of the molecule is CCOC[C@]1(C#N)[C@H](c2ccc(Cl)cc2)[C@H]1S(=O)(=O)c1ccccc1. The monoisotopic (exact) mass is 375 g/mol. The molecule has 1 fully saturated rings. The van der Waals surface area contributed by atoms with E-state index in [0.29, 0.717) is 11.6 Å². The van der Waals surface area contributed by atoms with Gasteiger partial charge in [-0.05, 0) is 36.8 Å². The summed E-state index contributed by atoms with van der Waals surface area (Å²) in [5.74, 6) is -0.438. The van der Waals surface area contributed by atoms with Gasteiger partial charge in [-0.15, -0.1) is 0 Å². The number of rotatable bonds is 6. The zero-order valence-corrected chi connectivity index (χ0v) is 15.3. The fraction of sp³-hybridized carbons (Fsp3) is 0.316. The van der Waals surface area contributed by atoms with E-state index in [9.17, 15) is 13.7 Å². The van der Waals surface area contributed by atoms with E-state index in [1.165, 1.54) is 0 Å². The molecule has 0 N–H and O–H groups in total. The van der Waals surface area contributed by atoms with Gasteiger partial charge in [0.05, 0.1) is 22.8 Å². The van der Waals surface area contributed by atoms with Crippen molar-refractivity contribution in [3.8, 4) is 6.07 Å². The summed E-state index contributed by atoms with van der Waals surface area (Å²) in [4.78, 5) is 0.229. The van der Waals surface area contributed by atoms with E-state index in [0.717, 1.165) is 5.56 Å². The van der Waals surface area contributed by atoms with Crippen molar-refractivity contribution in [2.24, 2.45) is 5.41 Å². The molecule has 3 atom stereocenters. The molecule has 1 aliphatic rings. The number of nitriles is 1. The Bertz CT molecular complexity index is 891. The van der Waals surface area contributed by atoms with Crippen molar-refractivity contribution in [3.05, 3.63) is 65.2 Å². The van der Waals surface area contributed by atoms with Gasteiger partial charge < -0.3 is 4.74 Å². The number of sulfone groups is 1. The maximum atomic E-state index is 13.2. The number of ether oxygens (including phenoxy) is 1. The molecule has 0 bridgehead atoms. The van der Waals surface area contributed by atoms with Crippen LogP contribution >= 0.6 is 11.6 Å². The minimum Gasteiger partial charge on any atom is -0.380 e. The Morgan fingerprint density at radius 3 is 2.36 bits per heavy atom. The highest BCUT2D eigenvalue weighted by Crippen LogP contribution is 2.63. The zero-order chi connectivity index (χ0) is 18.1. The lowest BCUT2D eigenvalue weighted by atomic mass is 10.0. The number of hydrogen-bond acceptors (Lipinski definition) is 4. The molecule has 0 spiro atoms. The van der Waals surface area contributed by atoms with Crippen LogP contribution < -0.4 is 0 Å². The summed E-state index contributed by atoms with van der Waals surface area (Å²) in [6, 6.07) is 17.5. The van der Waals surface area contributed by atoms with Crippen LogP contribution in [0.1, 0.15) is 18.4 Å². The van der Waals surface area contributed by atoms with Gasteiger partial charge in [-0.25, -0.2) is 8.42 Å². The Balaban J connectivity index is 2.06. The fourth-order valence-electron chi connectivity index (χ4n) is 3.37. The number of halogens is 1. The standard InChI is InChI=1S/C19H18ClNO3S/c1-2-24-13-19(12-21)17(14-8-10-15(20)11-9-14)18(19)25(22,23)16-6-4-3-5-7-16/h3-11,17-18H,2,13H2,1H3/t17-,18-,19-/m1/s1. The summed E-state index contributed by atoms with van der Waals surface area (Å²) in [6.07, 6.45) is 0. The molecule has 0 radical (unpaired) electrons. The molecule has 0 heterocycles. The lowest BCUT2D eigenvalue weighted by molar-refractivity contribution is 0.117. The van der Waals surface area contributed by atoms with Gasteiger partial charge in [-0.1, -0.05) is 41.9 Å². The molecule has 2 aromatic carbocycles. The van der Waals surface area contributed by atoms with Crippen LogP contribution in [-0.4, -0.2) is 26.9 Å². The van der Waals surface area contributed by atoms with Crippen molar-refractivity contribution in [3.63, 3.8) is 0 Å². The first-order valence-corrected chi connectivity index (χ1v) is 9.93. The maximum absolute atomic E-state index is 13.2. The third-order valence-corrected chi connectivity index (χ3v) is 7.19. The van der Waals surface area contributed by atoms with Crippen molar-refractivity contribution in [1.82, 2.24) is 0 Å². The molecule has 3 rings (SSSR count). The Labute approximate surface area is 152 Å². The molecule has 130 valence electrons. The molecule has 0 unspecified atom stereocenters. The topological polar surface area (TPSA) is 67.2 Å². The Kier molecular flexibility index (Phi) is 4.88. The van der Waals surface area contributed by atoms with Crippen LogP contribution in [-0.2, 0) is 14.6 Å². The molecular weight excluding hydrogens is 358 g/mol. The Morgan fingerprint density at radius 1 is 1.16 bits per heavy atom. The minimum absolute atomic E-state index is 0.0873. The highest BCUT2D eigenvalue weighted by atomic mass is 35.5. The molecule has 0 saturated heterocycles. The second-order valence-corrected chi connectivity index (χ2v) is 8.60. The first kappa shape index (κ1) is 17.9. The van der Waals surface area contributed by atoms with Crippen LogP contribution in [0.4, 0.5) is 0 Å². The molecule has 0 aromatic heterocycles. The molecule has 6 heteroatoms. The van der Waals surface area contributed by atoms with Gasteiger partial charge in [0.2, 0.25) is 0 Å². The van der Waals surface area contributed by atoms with Gasteiger partial charge >= 0.3 is 0 Å². The summed E-state index contributed by atoms with van der Waals surface area (Å²) in [5.41, 5.74) is -0.298. The van der Waals surface area contributed by atoms with Crippen molar-refractivity contribution in [2.45, 2.75) is 23.0 Å². The average Bonchev–Trinajstić information content (AvgIpc) is 3.31. The van der Waals surface area contributed by atoms with E-state index >= 15 is 0 Å². The largest absolute Gasteiger partial charge is 0.380 e. The van der Waals surface area contributed by atoms with Crippen LogP contribution in [0, 0.1) is 16.7 Å². The van der Waals surface area contributed by atoms with Crippen LogP contribution in [0.3, 0.4) is 0 Å². The van der Waals surface area contributed by atoms with E-state index in [4.69, 9.17) is 16.3 Å². The molecule has 4 nitrogen and oxygen atoms in total. The molecule has 0 amide bonds. The summed E-state index contributed by atoms with van der Waals surface area (Å²) in [6.45, 7) is 2.34. The van der Waals surface area contributed by atoms with Gasteiger partial charge in [0.15, 0.2) is 9.84 Å². The van der Waals surface area contributed by atoms with Crippen molar-refractivity contribution >= 4 is 21.4 Å². The van der Waals surface area contributed by atoms with Gasteiger partial charge in [0, 0.05) is 17.5 Å². The summed E-state index contributed by atoms with van der Waals surface area (Å²) in [5, 5.41) is 9.57. The summed E-state index contributed by atoms with van der Waals surface area (Å²) >= 11 is 5.94. The normalized spacial score (nSPS) is 25.3. The first-order chi connectivity index (χ1) is 12.0. The lowest BCUT2D eigenvalue weighted by Crippen LogP contribution is -2.19. The van der Waals surface area contributed by atoms with Gasteiger partial charge in [0.1, 0.15) is 5.41 Å². The zero-order valence-electron chi connectivity index (χ0n) is 13.7. The lowest BCUT2D eigenvalue weighted by Gasteiger charge is -2.09. The predicted molar refractivity (Wildman–Crippen MR) is 96.1 cm³/mol. The molecule has 0 aliphatic heterocycles. The third kappa shape index (κ3) is 3.06. The first-order valence-electron chi connectivity index (χ1n) is 8.01. The van der Waals surface area contributed by atoms with Crippen LogP contribution in [0.15, 0.2) is 59.5 Å². The predicted octanol–water partition coefficient (Wildman–Crippen LogP) is 3.83. The van der Waals surface area contributed by atoms with Crippen LogP contribution in [0.5, 0.6) is 0 Å². The smallest absolute Gasteiger partial charge is 0.183 e. The highest BCUT2D eigenvalue weighted by molar-refractivity contribution is 7.92. The maximum Gasteiger partial charge on any atom is 0.183 e. The molecule has 25 heavy (non-hydrogen) atoms. The Hall–Kier alpha value is -1.87. The average molecular weight is 376 g/mol. The summed E-state index contributed by atoms with van der Waals surface area (Å²) < 4.78 is 31.8.